The predicted octanol–water partition coefficient (Wildman–Crippen LogP) is 3.26. The lowest BCUT2D eigenvalue weighted by atomic mass is 10.0. The van der Waals surface area contributed by atoms with Crippen LogP contribution in [-0.4, -0.2) is 6.10 Å². The van der Waals surface area contributed by atoms with E-state index in [4.69, 9.17) is 4.74 Å². The van der Waals surface area contributed by atoms with Crippen LogP contribution in [0.1, 0.15) is 45.4 Å². The van der Waals surface area contributed by atoms with Gasteiger partial charge in [0.2, 0.25) is 0 Å². The average Bonchev–Trinajstić information content (AvgIpc) is 1.96. The Morgan fingerprint density at radius 3 is 3.00 bits per heavy atom. The molecule has 0 radical (unpaired) electrons. The molecule has 1 fully saturated rings. The first-order valence-electron chi connectivity index (χ1n) is 4.67. The van der Waals surface area contributed by atoms with Crippen LogP contribution in [0.25, 0.3) is 0 Å². The van der Waals surface area contributed by atoms with Crippen molar-refractivity contribution in [1.29, 1.82) is 0 Å². The van der Waals surface area contributed by atoms with Crippen molar-refractivity contribution in [2.24, 2.45) is 0 Å². The van der Waals surface area contributed by atoms with Gasteiger partial charge >= 0.3 is 0 Å². The summed E-state index contributed by atoms with van der Waals surface area (Å²) in [5.74, 6) is 0.997. The Morgan fingerprint density at radius 2 is 2.27 bits per heavy atom. The van der Waals surface area contributed by atoms with Crippen LogP contribution >= 0.6 is 0 Å². The molecule has 0 spiro atoms. The second kappa shape index (κ2) is 4.42. The first-order chi connectivity index (χ1) is 5.33. The van der Waals surface area contributed by atoms with Gasteiger partial charge in [-0.1, -0.05) is 19.9 Å². The summed E-state index contributed by atoms with van der Waals surface area (Å²) in [5, 5.41) is 0. The van der Waals surface area contributed by atoms with Crippen LogP contribution in [-0.2, 0) is 4.74 Å². The van der Waals surface area contributed by atoms with Gasteiger partial charge < -0.3 is 4.74 Å². The van der Waals surface area contributed by atoms with Gasteiger partial charge in [0.05, 0.1) is 11.9 Å². The summed E-state index contributed by atoms with van der Waals surface area (Å²) in [6.07, 6.45) is 7.79. The molecule has 1 atom stereocenters. The molecule has 1 saturated heterocycles. The van der Waals surface area contributed by atoms with Gasteiger partial charge in [0.25, 0.3) is 0 Å². The summed E-state index contributed by atoms with van der Waals surface area (Å²) in [5.41, 5.74) is 0. The van der Waals surface area contributed by atoms with Crippen molar-refractivity contribution in [2.75, 3.05) is 0 Å². The highest BCUT2D eigenvalue weighted by Crippen LogP contribution is 2.20. The summed E-state index contributed by atoms with van der Waals surface area (Å²) in [6.45, 7) is 6.07. The first-order valence-corrected chi connectivity index (χ1v) is 4.67. The second-order valence-corrected chi connectivity index (χ2v) is 3.29. The van der Waals surface area contributed by atoms with E-state index in [0.717, 1.165) is 18.6 Å². The predicted molar refractivity (Wildman–Crippen MR) is 47.4 cm³/mol. The second-order valence-electron chi connectivity index (χ2n) is 3.29. The minimum Gasteiger partial charge on any atom is -0.495 e. The Hall–Kier alpha value is -0.460. The topological polar surface area (TPSA) is 9.23 Å². The number of hydrogen-bond acceptors (Lipinski definition) is 1. The van der Waals surface area contributed by atoms with Gasteiger partial charge in [-0.2, -0.15) is 0 Å². The van der Waals surface area contributed by atoms with Crippen molar-refractivity contribution >= 4 is 0 Å². The Labute approximate surface area is 69.4 Å². The maximum absolute atomic E-state index is 5.65. The molecule has 0 N–H and O–H groups in total. The summed E-state index contributed by atoms with van der Waals surface area (Å²) < 4.78 is 5.65. The molecule has 0 bridgehead atoms. The molecule has 0 aromatic rings. The van der Waals surface area contributed by atoms with E-state index in [9.17, 15) is 0 Å². The summed E-state index contributed by atoms with van der Waals surface area (Å²) >= 11 is 0. The van der Waals surface area contributed by atoms with E-state index in [2.05, 4.69) is 13.5 Å². The van der Waals surface area contributed by atoms with Crippen LogP contribution in [0.3, 0.4) is 0 Å². The third kappa shape index (κ3) is 2.96. The van der Waals surface area contributed by atoms with E-state index >= 15 is 0 Å². The third-order valence-corrected chi connectivity index (χ3v) is 2.27. The molecule has 0 amide bonds. The van der Waals surface area contributed by atoms with Crippen molar-refractivity contribution in [2.45, 2.75) is 51.6 Å². The highest BCUT2D eigenvalue weighted by Gasteiger charge is 2.10. The SMILES string of the molecule is C=C1CCCCC[C@@H](CC)O1. The van der Waals surface area contributed by atoms with E-state index in [1.165, 1.54) is 25.7 Å². The minimum atomic E-state index is 0.447. The molecular weight excluding hydrogens is 136 g/mol. The van der Waals surface area contributed by atoms with Gasteiger partial charge in [-0.3, -0.25) is 0 Å². The van der Waals surface area contributed by atoms with Crippen molar-refractivity contribution in [3.05, 3.63) is 12.3 Å². The van der Waals surface area contributed by atoms with Crippen molar-refractivity contribution in [3.63, 3.8) is 0 Å². The molecule has 0 aromatic carbocycles. The van der Waals surface area contributed by atoms with Crippen molar-refractivity contribution < 1.29 is 4.74 Å². The monoisotopic (exact) mass is 154 g/mol. The fourth-order valence-corrected chi connectivity index (χ4v) is 1.51. The highest BCUT2D eigenvalue weighted by atomic mass is 16.5. The fourth-order valence-electron chi connectivity index (χ4n) is 1.51. The number of allylic oxidation sites excluding steroid dienone is 1. The molecule has 1 rings (SSSR count). The van der Waals surface area contributed by atoms with Crippen molar-refractivity contribution in [1.82, 2.24) is 0 Å². The maximum Gasteiger partial charge on any atom is 0.0979 e. The summed E-state index contributed by atoms with van der Waals surface area (Å²) in [7, 11) is 0. The molecule has 11 heavy (non-hydrogen) atoms. The Kier molecular flexibility index (Phi) is 3.47. The van der Waals surface area contributed by atoms with E-state index < -0.39 is 0 Å². The molecule has 1 heteroatoms. The van der Waals surface area contributed by atoms with Gasteiger partial charge in [0, 0.05) is 6.42 Å². The number of ether oxygens (including phenoxy) is 1. The lowest BCUT2D eigenvalue weighted by Crippen LogP contribution is -2.12. The lowest BCUT2D eigenvalue weighted by molar-refractivity contribution is 0.0887. The lowest BCUT2D eigenvalue weighted by Gasteiger charge is -2.21. The summed E-state index contributed by atoms with van der Waals surface area (Å²) in [4.78, 5) is 0. The quantitative estimate of drug-likeness (QED) is 0.563. The maximum atomic E-state index is 5.65. The normalized spacial score (nSPS) is 27.0. The van der Waals surface area contributed by atoms with E-state index in [-0.39, 0.29) is 0 Å². The molecule has 0 unspecified atom stereocenters. The van der Waals surface area contributed by atoms with Gasteiger partial charge in [-0.05, 0) is 25.7 Å². The number of rotatable bonds is 1. The largest absolute Gasteiger partial charge is 0.495 e. The zero-order valence-electron chi connectivity index (χ0n) is 7.44. The van der Waals surface area contributed by atoms with Gasteiger partial charge in [0.1, 0.15) is 0 Å². The number of hydrogen-bond donors (Lipinski definition) is 0. The smallest absolute Gasteiger partial charge is 0.0979 e. The van der Waals surface area contributed by atoms with Crippen LogP contribution in [0, 0.1) is 0 Å². The van der Waals surface area contributed by atoms with E-state index in [1.54, 1.807) is 0 Å². The minimum absolute atomic E-state index is 0.447. The fraction of sp³-hybridized carbons (Fsp3) is 0.800. The standard InChI is InChI=1S/C10H18O/c1-3-10-8-6-4-5-7-9(2)11-10/h10H,2-8H2,1H3/t10-/m1/s1. The Morgan fingerprint density at radius 1 is 1.45 bits per heavy atom. The van der Waals surface area contributed by atoms with E-state index in [0.29, 0.717) is 6.10 Å². The zero-order valence-corrected chi connectivity index (χ0v) is 7.44. The Balaban J connectivity index is 2.35. The van der Waals surface area contributed by atoms with Gasteiger partial charge in [-0.15, -0.1) is 0 Å². The van der Waals surface area contributed by atoms with Crippen LogP contribution in [0.4, 0.5) is 0 Å². The molecule has 0 aromatic heterocycles. The zero-order chi connectivity index (χ0) is 8.10. The van der Waals surface area contributed by atoms with Gasteiger partial charge in [-0.25, -0.2) is 0 Å². The van der Waals surface area contributed by atoms with Gasteiger partial charge in [0.15, 0.2) is 0 Å². The Bertz CT molecular complexity index is 129. The molecule has 1 aliphatic rings. The summed E-state index contributed by atoms with van der Waals surface area (Å²) in [6, 6.07) is 0. The highest BCUT2D eigenvalue weighted by molar-refractivity contribution is 4.85. The van der Waals surface area contributed by atoms with Crippen LogP contribution in [0.5, 0.6) is 0 Å². The average molecular weight is 154 g/mol. The molecule has 0 aliphatic carbocycles. The molecule has 1 nitrogen and oxygen atoms in total. The van der Waals surface area contributed by atoms with E-state index in [1.807, 2.05) is 0 Å². The van der Waals surface area contributed by atoms with Crippen LogP contribution < -0.4 is 0 Å². The van der Waals surface area contributed by atoms with Crippen LogP contribution in [0.2, 0.25) is 0 Å². The van der Waals surface area contributed by atoms with Crippen molar-refractivity contribution in [3.8, 4) is 0 Å². The molecule has 1 aliphatic heterocycles. The molecule has 64 valence electrons. The van der Waals surface area contributed by atoms with Crippen LogP contribution in [0.15, 0.2) is 12.3 Å². The molecular formula is C10H18O. The third-order valence-electron chi connectivity index (χ3n) is 2.27. The molecule has 1 heterocycles. The molecule has 0 saturated carbocycles. The first kappa shape index (κ1) is 8.63.